The maximum absolute atomic E-state index is 9.96. The third kappa shape index (κ3) is 2.96. The van der Waals surface area contributed by atoms with Crippen molar-refractivity contribution in [2.45, 2.75) is 37.5 Å². The van der Waals surface area contributed by atoms with Crippen LogP contribution in [-0.4, -0.2) is 82.6 Å². The fourth-order valence-electron chi connectivity index (χ4n) is 1.97. The minimum atomic E-state index is -1.17. The zero-order valence-electron chi connectivity index (χ0n) is 11.0. The Morgan fingerprint density at radius 3 is 2.90 bits per heavy atom. The second kappa shape index (κ2) is 6.27. The lowest BCUT2D eigenvalue weighted by Crippen LogP contribution is -2.43. The molecule has 0 aromatic carbocycles. The van der Waals surface area contributed by atoms with E-state index in [1.807, 2.05) is 0 Å². The number of aliphatic hydroxyl groups excluding tert-OH is 3. The average Bonchev–Trinajstić information content (AvgIpc) is 2.76. The number of hydrogen-bond donors (Lipinski definition) is 5. The highest BCUT2D eigenvalue weighted by atomic mass is 16.6. The summed E-state index contributed by atoms with van der Waals surface area (Å²) in [5.74, 6) is 0.202. The molecule has 0 aromatic heterocycles. The van der Waals surface area contributed by atoms with Crippen molar-refractivity contribution < 1.29 is 20.1 Å². The molecule has 20 heavy (non-hydrogen) atoms. The summed E-state index contributed by atoms with van der Waals surface area (Å²) in [6, 6.07) is -0.390. The van der Waals surface area contributed by atoms with E-state index in [1.165, 1.54) is 17.6 Å². The molecule has 0 radical (unpaired) electrons. The predicted octanol–water partition coefficient (Wildman–Crippen LogP) is -2.29. The van der Waals surface area contributed by atoms with Gasteiger partial charge in [-0.05, 0) is 6.92 Å². The standard InChI is InChI=1S/C11H19N5O4/c1-6-10(12)14-3-13-4-16(5-15-6)11-9(19)8(18)7(2-17)20-11/h3,5-9,11,17-19H,2,4H2,1H3,(H2,12,13,14)/b15-5-. The topological polar surface area (TPSA) is 134 Å². The lowest BCUT2D eigenvalue weighted by atomic mass is 10.1. The van der Waals surface area contributed by atoms with Crippen molar-refractivity contribution in [1.82, 2.24) is 10.2 Å². The Labute approximate surface area is 116 Å². The third-order valence-corrected chi connectivity index (χ3v) is 3.26. The van der Waals surface area contributed by atoms with E-state index < -0.39 is 24.5 Å². The van der Waals surface area contributed by atoms with Crippen LogP contribution >= 0.6 is 0 Å². The maximum atomic E-state index is 9.96. The fraction of sp³-hybridized carbons (Fsp3) is 0.727. The van der Waals surface area contributed by atoms with E-state index in [9.17, 15) is 10.2 Å². The van der Waals surface area contributed by atoms with Gasteiger partial charge >= 0.3 is 0 Å². The minimum absolute atomic E-state index is 0.142. The van der Waals surface area contributed by atoms with Gasteiger partial charge in [-0.15, -0.1) is 0 Å². The van der Waals surface area contributed by atoms with Crippen LogP contribution in [0.15, 0.2) is 9.98 Å². The van der Waals surface area contributed by atoms with Gasteiger partial charge in [-0.2, -0.15) is 0 Å². The summed E-state index contributed by atoms with van der Waals surface area (Å²) in [4.78, 5) is 9.70. The Morgan fingerprint density at radius 1 is 1.50 bits per heavy atom. The number of hydrogen-bond acceptors (Lipinski definition) is 8. The smallest absolute Gasteiger partial charge is 0.161 e. The molecule has 0 bridgehead atoms. The van der Waals surface area contributed by atoms with Gasteiger partial charge < -0.3 is 30.3 Å². The Hall–Kier alpha value is -1.55. The van der Waals surface area contributed by atoms with Gasteiger partial charge in [0.05, 0.1) is 19.3 Å². The third-order valence-electron chi connectivity index (χ3n) is 3.26. The SMILES string of the molecule is CC1/N=C\N(C2OC(CO)C(O)C2O)C/N=C\NC1=N. The van der Waals surface area contributed by atoms with Crippen LogP contribution in [0.1, 0.15) is 6.92 Å². The molecular formula is C11H19N5O4. The molecule has 2 heterocycles. The van der Waals surface area contributed by atoms with E-state index in [4.69, 9.17) is 15.3 Å². The van der Waals surface area contributed by atoms with Gasteiger partial charge in [-0.25, -0.2) is 0 Å². The van der Waals surface area contributed by atoms with E-state index in [0.717, 1.165) is 0 Å². The lowest BCUT2D eigenvalue weighted by molar-refractivity contribution is -0.0690. The van der Waals surface area contributed by atoms with Crippen molar-refractivity contribution in [3.8, 4) is 0 Å². The van der Waals surface area contributed by atoms with Crippen LogP contribution in [0.3, 0.4) is 0 Å². The molecular weight excluding hydrogens is 266 g/mol. The highest BCUT2D eigenvalue weighted by molar-refractivity contribution is 5.94. The summed E-state index contributed by atoms with van der Waals surface area (Å²) in [5, 5.41) is 39.1. The van der Waals surface area contributed by atoms with Crippen molar-refractivity contribution in [3.05, 3.63) is 0 Å². The number of ether oxygens (including phenoxy) is 1. The van der Waals surface area contributed by atoms with Gasteiger partial charge in [0.25, 0.3) is 0 Å². The molecule has 9 nitrogen and oxygen atoms in total. The summed E-state index contributed by atoms with van der Waals surface area (Å²) in [7, 11) is 0. The molecule has 2 aliphatic rings. The summed E-state index contributed by atoms with van der Waals surface area (Å²) in [6.45, 7) is 1.50. The second-order valence-electron chi connectivity index (χ2n) is 4.69. The van der Waals surface area contributed by atoms with Gasteiger partial charge in [0.15, 0.2) is 6.23 Å². The van der Waals surface area contributed by atoms with Crippen molar-refractivity contribution >= 4 is 18.5 Å². The van der Waals surface area contributed by atoms with Gasteiger partial charge in [-0.1, -0.05) is 0 Å². The molecule has 1 fully saturated rings. The van der Waals surface area contributed by atoms with Crippen molar-refractivity contribution in [2.24, 2.45) is 9.98 Å². The van der Waals surface area contributed by atoms with Crippen LogP contribution < -0.4 is 5.32 Å². The number of aliphatic imine (C=N–C) groups is 2. The van der Waals surface area contributed by atoms with Crippen LogP contribution in [0, 0.1) is 5.41 Å². The molecule has 1 saturated heterocycles. The molecule has 0 spiro atoms. The van der Waals surface area contributed by atoms with Crippen LogP contribution in [0.2, 0.25) is 0 Å². The lowest BCUT2D eigenvalue weighted by Gasteiger charge is -2.26. The van der Waals surface area contributed by atoms with Crippen LogP contribution in [-0.2, 0) is 4.74 Å². The second-order valence-corrected chi connectivity index (χ2v) is 4.69. The normalized spacial score (nSPS) is 41.5. The van der Waals surface area contributed by atoms with Gasteiger partial charge in [0.2, 0.25) is 0 Å². The minimum Gasteiger partial charge on any atom is -0.394 e. The molecule has 112 valence electrons. The molecule has 5 unspecified atom stereocenters. The zero-order chi connectivity index (χ0) is 14.7. The molecule has 0 amide bonds. The molecule has 5 atom stereocenters. The number of aliphatic hydroxyl groups is 3. The quantitative estimate of drug-likeness (QED) is 0.388. The molecule has 2 aliphatic heterocycles. The Morgan fingerprint density at radius 2 is 2.25 bits per heavy atom. The van der Waals surface area contributed by atoms with Crippen LogP contribution in [0.5, 0.6) is 0 Å². The van der Waals surface area contributed by atoms with E-state index >= 15 is 0 Å². The highest BCUT2D eigenvalue weighted by Gasteiger charge is 2.44. The Balaban J connectivity index is 2.14. The number of nitrogens with one attached hydrogen (secondary N) is 2. The van der Waals surface area contributed by atoms with Crippen molar-refractivity contribution in [1.29, 1.82) is 5.41 Å². The molecule has 5 N–H and O–H groups in total. The van der Waals surface area contributed by atoms with Crippen molar-refractivity contribution in [3.63, 3.8) is 0 Å². The molecule has 0 saturated carbocycles. The summed E-state index contributed by atoms with van der Waals surface area (Å²) >= 11 is 0. The first kappa shape index (κ1) is 14.9. The van der Waals surface area contributed by atoms with Gasteiger partial charge in [0, 0.05) is 0 Å². The van der Waals surface area contributed by atoms with E-state index in [-0.39, 0.29) is 25.2 Å². The zero-order valence-corrected chi connectivity index (χ0v) is 11.0. The first-order valence-corrected chi connectivity index (χ1v) is 6.29. The fourth-order valence-corrected chi connectivity index (χ4v) is 1.97. The van der Waals surface area contributed by atoms with Crippen molar-refractivity contribution in [2.75, 3.05) is 13.3 Å². The van der Waals surface area contributed by atoms with Crippen LogP contribution in [0.25, 0.3) is 0 Å². The van der Waals surface area contributed by atoms with E-state index in [0.29, 0.717) is 0 Å². The average molecular weight is 285 g/mol. The summed E-state index contributed by atoms with van der Waals surface area (Å²) in [5.41, 5.74) is 0. The number of rotatable bonds is 2. The van der Waals surface area contributed by atoms with Gasteiger partial charge in [0.1, 0.15) is 36.9 Å². The summed E-state index contributed by atoms with van der Waals surface area (Å²) < 4.78 is 5.41. The highest BCUT2D eigenvalue weighted by Crippen LogP contribution is 2.23. The molecule has 2 rings (SSSR count). The maximum Gasteiger partial charge on any atom is 0.161 e. The first-order chi connectivity index (χ1) is 9.54. The predicted molar refractivity (Wildman–Crippen MR) is 71.8 cm³/mol. The summed E-state index contributed by atoms with van der Waals surface area (Å²) in [6.07, 6.45) is -1.20. The molecule has 0 aliphatic carbocycles. The molecule has 9 heteroatoms. The van der Waals surface area contributed by atoms with E-state index in [2.05, 4.69) is 15.3 Å². The van der Waals surface area contributed by atoms with Gasteiger partial charge in [-0.3, -0.25) is 15.4 Å². The Bertz CT molecular complexity index is 416. The first-order valence-electron chi connectivity index (χ1n) is 6.29. The largest absolute Gasteiger partial charge is 0.394 e. The van der Waals surface area contributed by atoms with E-state index in [1.54, 1.807) is 6.92 Å². The monoisotopic (exact) mass is 285 g/mol. The number of amidine groups is 1. The Kier molecular flexibility index (Phi) is 4.65. The number of nitrogens with zero attached hydrogens (tertiary/aromatic N) is 3. The molecule has 0 aromatic rings. The van der Waals surface area contributed by atoms with Crippen LogP contribution in [0.4, 0.5) is 0 Å².